The summed E-state index contributed by atoms with van der Waals surface area (Å²) in [6.07, 6.45) is 23.6. The number of rotatable bonds is 34. The van der Waals surface area contributed by atoms with E-state index in [1.165, 1.54) is 89.9 Å². The largest absolute Gasteiger partial charge is 0.472 e. The molecule has 0 aromatic heterocycles. The smallest absolute Gasteiger partial charge is 0.462 e. The van der Waals surface area contributed by atoms with Gasteiger partial charge in [0.25, 0.3) is 0 Å². The summed E-state index contributed by atoms with van der Waals surface area (Å²) in [7, 11) is -4.60. The molecule has 0 fully saturated rings. The van der Waals surface area contributed by atoms with E-state index in [2.05, 4.69) is 18.4 Å². The molecule has 11 heteroatoms. The van der Waals surface area contributed by atoms with Crippen LogP contribution in [0.15, 0.2) is 0 Å². The van der Waals surface area contributed by atoms with Crippen LogP contribution in [0.2, 0.25) is 0 Å². The number of aliphatic hydroxyl groups excluding tert-OH is 2. The highest BCUT2D eigenvalue weighted by molar-refractivity contribution is 7.47. The van der Waals surface area contributed by atoms with Gasteiger partial charge in [-0.15, -0.1) is 0 Å². The summed E-state index contributed by atoms with van der Waals surface area (Å²) in [5.41, 5.74) is 0. The van der Waals surface area contributed by atoms with E-state index >= 15 is 0 Å². The van der Waals surface area contributed by atoms with Gasteiger partial charge in [-0.05, 0) is 12.8 Å². The number of ether oxygens (including phenoxy) is 2. The first kappa shape index (κ1) is 44.0. The lowest BCUT2D eigenvalue weighted by atomic mass is 10.0. The minimum Gasteiger partial charge on any atom is -0.462 e. The molecule has 0 saturated carbocycles. The first-order chi connectivity index (χ1) is 21.7. The van der Waals surface area contributed by atoms with Crippen LogP contribution in [0.5, 0.6) is 0 Å². The van der Waals surface area contributed by atoms with Crippen molar-refractivity contribution in [1.82, 2.24) is 0 Å². The van der Waals surface area contributed by atoms with Crippen LogP contribution in [-0.4, -0.2) is 65.7 Å². The summed E-state index contributed by atoms with van der Waals surface area (Å²) in [5.74, 6) is -0.920. The maximum Gasteiger partial charge on any atom is 0.472 e. The minimum absolute atomic E-state index is 0.191. The SMILES string of the molecule is CCCCCCCCCCCCCCC(=O)O[C@H](COC(=O)CCCCCCCCCCCC)COP(=O)(O)OC[C@@H](O)CO. The van der Waals surface area contributed by atoms with Gasteiger partial charge in [0.05, 0.1) is 19.8 Å². The fourth-order valence-corrected chi connectivity index (χ4v) is 5.72. The second-order valence-electron chi connectivity index (χ2n) is 12.3. The summed E-state index contributed by atoms with van der Waals surface area (Å²) in [6.45, 7) is 2.35. The van der Waals surface area contributed by atoms with Gasteiger partial charge in [0.2, 0.25) is 0 Å². The van der Waals surface area contributed by atoms with Crippen molar-refractivity contribution in [1.29, 1.82) is 0 Å². The zero-order chi connectivity index (χ0) is 33.4. The Kier molecular flexibility index (Phi) is 30.8. The van der Waals surface area contributed by atoms with Crippen LogP contribution in [0.4, 0.5) is 0 Å². The van der Waals surface area contributed by atoms with E-state index in [-0.39, 0.29) is 19.4 Å². The number of hydrogen-bond acceptors (Lipinski definition) is 9. The molecule has 0 aliphatic rings. The number of carbonyl (C=O) groups is 2. The van der Waals surface area contributed by atoms with Crippen LogP contribution in [0.3, 0.4) is 0 Å². The highest BCUT2D eigenvalue weighted by Gasteiger charge is 2.27. The molecule has 0 amide bonds. The molecule has 0 aromatic rings. The zero-order valence-corrected chi connectivity index (χ0v) is 29.5. The number of carbonyl (C=O) groups excluding carboxylic acids is 2. The molecule has 10 nitrogen and oxygen atoms in total. The lowest BCUT2D eigenvalue weighted by Crippen LogP contribution is -2.29. The van der Waals surface area contributed by atoms with Crippen molar-refractivity contribution in [3.8, 4) is 0 Å². The van der Waals surface area contributed by atoms with Crippen molar-refractivity contribution in [2.45, 2.75) is 180 Å². The maximum absolute atomic E-state index is 12.5. The second-order valence-corrected chi connectivity index (χ2v) is 13.7. The van der Waals surface area contributed by atoms with E-state index in [0.29, 0.717) is 12.8 Å². The quantitative estimate of drug-likeness (QED) is 0.0348. The predicted molar refractivity (Wildman–Crippen MR) is 178 cm³/mol. The topological polar surface area (TPSA) is 149 Å². The third-order valence-corrected chi connectivity index (χ3v) is 8.71. The molecule has 0 aromatic carbocycles. The Morgan fingerprint density at radius 2 is 0.956 bits per heavy atom. The lowest BCUT2D eigenvalue weighted by Gasteiger charge is -2.20. The van der Waals surface area contributed by atoms with Gasteiger partial charge in [-0.2, -0.15) is 0 Å². The fourth-order valence-electron chi connectivity index (χ4n) is 4.93. The molecule has 3 atom stereocenters. The Balaban J connectivity index is 4.38. The third kappa shape index (κ3) is 31.3. The normalized spacial score (nSPS) is 14.2. The van der Waals surface area contributed by atoms with Gasteiger partial charge in [0, 0.05) is 12.8 Å². The zero-order valence-electron chi connectivity index (χ0n) is 28.6. The van der Waals surface area contributed by atoms with E-state index in [0.717, 1.165) is 38.5 Å². The van der Waals surface area contributed by atoms with E-state index < -0.39 is 51.8 Å². The Morgan fingerprint density at radius 1 is 0.578 bits per heavy atom. The van der Waals surface area contributed by atoms with Crippen molar-refractivity contribution in [2.24, 2.45) is 0 Å². The van der Waals surface area contributed by atoms with Crippen molar-refractivity contribution in [3.63, 3.8) is 0 Å². The van der Waals surface area contributed by atoms with Gasteiger partial charge in [-0.1, -0.05) is 142 Å². The predicted octanol–water partition coefficient (Wildman–Crippen LogP) is 8.33. The summed E-state index contributed by atoms with van der Waals surface area (Å²) in [5, 5.41) is 18.2. The Hall–Kier alpha value is -1.03. The standard InChI is InChI=1S/C34H67O10P/c1-3-5-7-9-11-13-15-16-18-20-22-24-26-34(38)44-32(30-43-45(39,40)42-28-31(36)27-35)29-41-33(37)25-23-21-19-17-14-12-10-8-6-4-2/h31-32,35-36H,3-30H2,1-2H3,(H,39,40)/t31-,32+/m0/s1. The highest BCUT2D eigenvalue weighted by Crippen LogP contribution is 2.43. The second kappa shape index (κ2) is 31.6. The van der Waals surface area contributed by atoms with Crippen LogP contribution < -0.4 is 0 Å². The van der Waals surface area contributed by atoms with Gasteiger partial charge >= 0.3 is 19.8 Å². The molecule has 0 aliphatic heterocycles. The first-order valence-electron chi connectivity index (χ1n) is 18.0. The summed E-state index contributed by atoms with van der Waals surface area (Å²) in [6, 6.07) is 0. The van der Waals surface area contributed by atoms with Crippen LogP contribution in [0.1, 0.15) is 168 Å². The van der Waals surface area contributed by atoms with Gasteiger partial charge in [0.15, 0.2) is 6.10 Å². The molecule has 0 radical (unpaired) electrons. The minimum atomic E-state index is -4.60. The maximum atomic E-state index is 12.5. The van der Waals surface area contributed by atoms with Crippen molar-refractivity contribution in [3.05, 3.63) is 0 Å². The summed E-state index contributed by atoms with van der Waals surface area (Å²) < 4.78 is 32.5. The first-order valence-corrected chi connectivity index (χ1v) is 19.5. The van der Waals surface area contributed by atoms with Crippen LogP contribution >= 0.6 is 7.82 Å². The lowest BCUT2D eigenvalue weighted by molar-refractivity contribution is -0.161. The molecular formula is C34H67O10P. The summed E-state index contributed by atoms with van der Waals surface area (Å²) >= 11 is 0. The number of phosphoric ester groups is 1. The number of esters is 2. The monoisotopic (exact) mass is 666 g/mol. The van der Waals surface area contributed by atoms with Gasteiger partial charge in [0.1, 0.15) is 12.7 Å². The van der Waals surface area contributed by atoms with Gasteiger partial charge in [-0.25, -0.2) is 4.57 Å². The number of unbranched alkanes of at least 4 members (excludes halogenated alkanes) is 20. The van der Waals surface area contributed by atoms with Crippen molar-refractivity contribution in [2.75, 3.05) is 26.4 Å². The Bertz CT molecular complexity index is 736. The molecule has 45 heavy (non-hydrogen) atoms. The molecule has 0 rings (SSSR count). The molecule has 0 aliphatic carbocycles. The molecule has 0 bridgehead atoms. The van der Waals surface area contributed by atoms with E-state index in [1.807, 2.05) is 0 Å². The Morgan fingerprint density at radius 3 is 1.38 bits per heavy atom. The molecule has 3 N–H and O–H groups in total. The van der Waals surface area contributed by atoms with Crippen molar-refractivity contribution < 1.29 is 47.8 Å². The molecule has 0 saturated heterocycles. The third-order valence-electron chi connectivity index (χ3n) is 7.76. The summed E-state index contributed by atoms with van der Waals surface area (Å²) in [4.78, 5) is 34.7. The van der Waals surface area contributed by atoms with Gasteiger partial charge < -0.3 is 24.6 Å². The van der Waals surface area contributed by atoms with Crippen LogP contribution in [0.25, 0.3) is 0 Å². The van der Waals surface area contributed by atoms with Gasteiger partial charge in [-0.3, -0.25) is 18.6 Å². The van der Waals surface area contributed by atoms with Crippen LogP contribution in [-0.2, 0) is 32.7 Å². The fraction of sp³-hybridized carbons (Fsp3) is 0.941. The Labute approximate surface area is 273 Å². The molecule has 1 unspecified atom stereocenters. The number of hydrogen-bond donors (Lipinski definition) is 3. The molecule has 0 spiro atoms. The molecule has 268 valence electrons. The van der Waals surface area contributed by atoms with E-state index in [1.54, 1.807) is 0 Å². The molecular weight excluding hydrogens is 599 g/mol. The van der Waals surface area contributed by atoms with Crippen LogP contribution in [0, 0.1) is 0 Å². The average molecular weight is 667 g/mol. The van der Waals surface area contributed by atoms with E-state index in [4.69, 9.17) is 19.1 Å². The average Bonchev–Trinajstić information content (AvgIpc) is 3.02. The highest BCUT2D eigenvalue weighted by atomic mass is 31.2. The molecule has 0 heterocycles. The van der Waals surface area contributed by atoms with E-state index in [9.17, 15) is 24.2 Å². The number of phosphoric acid groups is 1. The van der Waals surface area contributed by atoms with Crippen molar-refractivity contribution >= 4 is 19.8 Å². The number of aliphatic hydroxyl groups is 2.